The lowest BCUT2D eigenvalue weighted by atomic mass is 9.93. The molecule has 0 unspecified atom stereocenters. The summed E-state index contributed by atoms with van der Waals surface area (Å²) in [6.07, 6.45) is 9.45. The van der Waals surface area contributed by atoms with Gasteiger partial charge in [0.15, 0.2) is 0 Å². The lowest BCUT2D eigenvalue weighted by Crippen LogP contribution is -2.41. The Morgan fingerprint density at radius 2 is 2.21 bits per heavy atom. The summed E-state index contributed by atoms with van der Waals surface area (Å²) < 4.78 is 7.57. The van der Waals surface area contributed by atoms with Crippen molar-refractivity contribution in [3.05, 3.63) is 29.1 Å². The number of carbonyl (C=O) groups excluding carboxylic acids is 1. The molecule has 24 heavy (non-hydrogen) atoms. The van der Waals surface area contributed by atoms with Crippen molar-refractivity contribution in [2.75, 3.05) is 13.2 Å². The van der Waals surface area contributed by atoms with Gasteiger partial charge < -0.3 is 9.64 Å². The molecule has 1 saturated heterocycles. The van der Waals surface area contributed by atoms with E-state index >= 15 is 0 Å². The maximum atomic E-state index is 13.0. The van der Waals surface area contributed by atoms with E-state index in [9.17, 15) is 4.79 Å². The molecule has 1 fully saturated rings. The fourth-order valence-electron chi connectivity index (χ4n) is 3.78. The van der Waals surface area contributed by atoms with E-state index in [-0.39, 0.29) is 12.0 Å². The van der Waals surface area contributed by atoms with E-state index in [1.807, 2.05) is 23.6 Å². The molecule has 1 aliphatic carbocycles. The number of allylic oxidation sites excluding steroid dienone is 2. The van der Waals surface area contributed by atoms with E-state index in [2.05, 4.69) is 24.2 Å². The Balaban J connectivity index is 1.77. The van der Waals surface area contributed by atoms with Crippen molar-refractivity contribution in [2.24, 2.45) is 13.0 Å². The normalized spacial score (nSPS) is 23.6. The Kier molecular flexibility index (Phi) is 5.39. The van der Waals surface area contributed by atoms with E-state index in [0.29, 0.717) is 19.1 Å². The number of nitrogens with zero attached hydrogens (tertiary/aromatic N) is 3. The maximum Gasteiger partial charge on any atom is 0.252 e. The average molecular weight is 331 g/mol. The zero-order valence-electron chi connectivity index (χ0n) is 15.1. The summed E-state index contributed by atoms with van der Waals surface area (Å²) in [6, 6.07) is 0. The van der Waals surface area contributed by atoms with Gasteiger partial charge in [-0.2, -0.15) is 5.10 Å². The molecule has 1 aromatic heterocycles. The van der Waals surface area contributed by atoms with Crippen LogP contribution in [0.5, 0.6) is 0 Å². The molecular weight excluding hydrogens is 302 g/mol. The molecule has 2 atom stereocenters. The molecule has 5 nitrogen and oxygen atoms in total. The van der Waals surface area contributed by atoms with Gasteiger partial charge in [-0.25, -0.2) is 0 Å². The highest BCUT2D eigenvalue weighted by atomic mass is 16.5. The number of carbonyl (C=O) groups is 1. The van der Waals surface area contributed by atoms with Crippen LogP contribution in [0.2, 0.25) is 0 Å². The minimum atomic E-state index is -0.249. The summed E-state index contributed by atoms with van der Waals surface area (Å²) >= 11 is 0. The van der Waals surface area contributed by atoms with Crippen LogP contribution in [0.1, 0.15) is 49.1 Å². The Morgan fingerprint density at radius 3 is 2.79 bits per heavy atom. The van der Waals surface area contributed by atoms with Crippen molar-refractivity contribution >= 4 is 5.91 Å². The summed E-state index contributed by atoms with van der Waals surface area (Å²) in [4.78, 5) is 15.0. The van der Waals surface area contributed by atoms with Gasteiger partial charge in [-0.3, -0.25) is 9.48 Å². The highest BCUT2D eigenvalue weighted by Crippen LogP contribution is 2.24. The van der Waals surface area contributed by atoms with E-state index in [1.165, 1.54) is 5.56 Å². The molecule has 3 rings (SSSR count). The second-order valence-electron chi connectivity index (χ2n) is 7.14. The summed E-state index contributed by atoms with van der Waals surface area (Å²) in [5.41, 5.74) is 3.33. The molecule has 1 aliphatic heterocycles. The molecule has 5 heteroatoms. The van der Waals surface area contributed by atoms with Gasteiger partial charge in [0.05, 0.1) is 5.69 Å². The lowest BCUT2D eigenvalue weighted by molar-refractivity contribution is -0.142. The van der Waals surface area contributed by atoms with Gasteiger partial charge in [0.1, 0.15) is 6.10 Å². The highest BCUT2D eigenvalue weighted by Gasteiger charge is 2.30. The first-order valence-corrected chi connectivity index (χ1v) is 9.10. The van der Waals surface area contributed by atoms with Gasteiger partial charge in [-0.15, -0.1) is 0 Å². The predicted octanol–water partition coefficient (Wildman–Crippen LogP) is 2.90. The van der Waals surface area contributed by atoms with Crippen molar-refractivity contribution in [3.8, 4) is 0 Å². The van der Waals surface area contributed by atoms with Gasteiger partial charge in [0, 0.05) is 38.0 Å². The van der Waals surface area contributed by atoms with Crippen LogP contribution in [-0.2, 0) is 23.1 Å². The molecule has 1 amide bonds. The second kappa shape index (κ2) is 7.51. The smallest absolute Gasteiger partial charge is 0.252 e. The zero-order chi connectivity index (χ0) is 17.1. The first kappa shape index (κ1) is 17.2. The molecule has 0 bridgehead atoms. The number of hydrogen-bond donors (Lipinski definition) is 0. The van der Waals surface area contributed by atoms with E-state index in [1.54, 1.807) is 0 Å². The molecule has 0 aromatic carbocycles. The fourth-order valence-corrected chi connectivity index (χ4v) is 3.78. The van der Waals surface area contributed by atoms with E-state index in [0.717, 1.165) is 50.0 Å². The van der Waals surface area contributed by atoms with Crippen molar-refractivity contribution in [2.45, 2.75) is 58.6 Å². The Hall–Kier alpha value is -1.62. The Labute approximate surface area is 144 Å². The third-order valence-corrected chi connectivity index (χ3v) is 5.38. The molecule has 0 saturated carbocycles. The number of aromatic nitrogens is 2. The predicted molar refractivity (Wildman–Crippen MR) is 93.6 cm³/mol. The zero-order valence-corrected chi connectivity index (χ0v) is 15.1. The van der Waals surface area contributed by atoms with Crippen LogP contribution in [0.25, 0.3) is 0 Å². The Morgan fingerprint density at radius 1 is 1.38 bits per heavy atom. The minimum absolute atomic E-state index is 0.157. The van der Waals surface area contributed by atoms with Crippen molar-refractivity contribution < 1.29 is 9.53 Å². The van der Waals surface area contributed by atoms with Crippen LogP contribution in [-0.4, -0.2) is 39.8 Å². The monoisotopic (exact) mass is 331 g/mol. The summed E-state index contributed by atoms with van der Waals surface area (Å²) in [5, 5.41) is 4.50. The van der Waals surface area contributed by atoms with Crippen molar-refractivity contribution in [1.82, 2.24) is 14.7 Å². The van der Waals surface area contributed by atoms with Crippen LogP contribution in [0.3, 0.4) is 0 Å². The van der Waals surface area contributed by atoms with Gasteiger partial charge in [0.25, 0.3) is 5.91 Å². The SMILES string of the molecule is Cc1nn(C)c(C)c1CN(C[C@H]1CC=CCC1)C(=O)[C@@H]1CCCO1. The lowest BCUT2D eigenvalue weighted by Gasteiger charge is -2.30. The summed E-state index contributed by atoms with van der Waals surface area (Å²) in [5.74, 6) is 0.711. The topological polar surface area (TPSA) is 47.4 Å². The molecular formula is C19H29N3O2. The molecule has 2 heterocycles. The standard InChI is InChI=1S/C19H29N3O2/c1-14-17(15(2)21(3)20-14)13-22(12-16-8-5-4-6-9-16)19(23)18-10-7-11-24-18/h4-5,16,18H,6-13H2,1-3H3/t16-,18-/m0/s1. The quantitative estimate of drug-likeness (QED) is 0.780. The minimum Gasteiger partial charge on any atom is -0.368 e. The molecule has 132 valence electrons. The number of hydrogen-bond acceptors (Lipinski definition) is 3. The van der Waals surface area contributed by atoms with Gasteiger partial charge >= 0.3 is 0 Å². The van der Waals surface area contributed by atoms with Crippen molar-refractivity contribution in [1.29, 1.82) is 0 Å². The van der Waals surface area contributed by atoms with Gasteiger partial charge in [0.2, 0.25) is 0 Å². The number of rotatable bonds is 5. The van der Waals surface area contributed by atoms with Gasteiger partial charge in [-0.1, -0.05) is 12.2 Å². The molecule has 0 radical (unpaired) electrons. The van der Waals surface area contributed by atoms with Crippen LogP contribution >= 0.6 is 0 Å². The van der Waals surface area contributed by atoms with Crippen LogP contribution in [0, 0.1) is 19.8 Å². The number of amides is 1. The van der Waals surface area contributed by atoms with Crippen LogP contribution < -0.4 is 0 Å². The van der Waals surface area contributed by atoms with Crippen LogP contribution in [0.4, 0.5) is 0 Å². The highest BCUT2D eigenvalue weighted by molar-refractivity contribution is 5.81. The first-order valence-electron chi connectivity index (χ1n) is 9.10. The average Bonchev–Trinajstić information content (AvgIpc) is 3.19. The van der Waals surface area contributed by atoms with Crippen molar-refractivity contribution in [3.63, 3.8) is 0 Å². The Bertz CT molecular complexity index is 614. The summed E-state index contributed by atoms with van der Waals surface area (Å²) in [7, 11) is 1.96. The molecule has 2 aliphatic rings. The van der Waals surface area contributed by atoms with E-state index < -0.39 is 0 Å². The molecule has 1 aromatic rings. The first-order chi connectivity index (χ1) is 11.6. The molecule has 0 spiro atoms. The third-order valence-electron chi connectivity index (χ3n) is 5.38. The summed E-state index contributed by atoms with van der Waals surface area (Å²) in [6.45, 7) is 6.27. The number of ether oxygens (including phenoxy) is 1. The fraction of sp³-hybridized carbons (Fsp3) is 0.684. The largest absolute Gasteiger partial charge is 0.368 e. The maximum absolute atomic E-state index is 13.0. The third kappa shape index (κ3) is 3.72. The van der Waals surface area contributed by atoms with Crippen LogP contribution in [0.15, 0.2) is 12.2 Å². The van der Waals surface area contributed by atoms with Gasteiger partial charge in [-0.05, 0) is 51.9 Å². The molecule has 0 N–H and O–H groups in total. The second-order valence-corrected chi connectivity index (χ2v) is 7.14. The number of aryl methyl sites for hydroxylation is 2. The van der Waals surface area contributed by atoms with E-state index in [4.69, 9.17) is 4.74 Å².